The molecule has 1 heterocycles. The fraction of sp³-hybridized carbons (Fsp3) is 0.429. The second-order valence-electron chi connectivity index (χ2n) is 6.70. The Labute approximate surface area is 164 Å². The van der Waals surface area contributed by atoms with Crippen LogP contribution in [0.4, 0.5) is 0 Å². The first-order chi connectivity index (χ1) is 12.2. The number of ether oxygens (including phenoxy) is 1. The molecule has 1 fully saturated rings. The minimum atomic E-state index is 0.648. The van der Waals surface area contributed by atoms with Crippen molar-refractivity contribution in [1.29, 1.82) is 0 Å². The van der Waals surface area contributed by atoms with Gasteiger partial charge in [-0.25, -0.2) is 0 Å². The maximum atomic E-state index is 5.34. The SMILES string of the molecule is COc1ccc(I)c(CCNC2CCN(Cc3ccccc3)CC2)c1. The van der Waals surface area contributed by atoms with Crippen molar-refractivity contribution < 1.29 is 4.74 Å². The Balaban J connectivity index is 1.39. The second-order valence-corrected chi connectivity index (χ2v) is 7.86. The van der Waals surface area contributed by atoms with Crippen molar-refractivity contribution in [1.82, 2.24) is 10.2 Å². The molecular weight excluding hydrogens is 423 g/mol. The molecule has 2 aromatic carbocycles. The van der Waals surface area contributed by atoms with Crippen molar-refractivity contribution in [3.63, 3.8) is 0 Å². The van der Waals surface area contributed by atoms with E-state index < -0.39 is 0 Å². The van der Waals surface area contributed by atoms with Crippen LogP contribution in [-0.2, 0) is 13.0 Å². The summed E-state index contributed by atoms with van der Waals surface area (Å²) in [5.41, 5.74) is 2.79. The van der Waals surface area contributed by atoms with Gasteiger partial charge in [0, 0.05) is 16.2 Å². The summed E-state index contributed by atoms with van der Waals surface area (Å²) in [6, 6.07) is 17.8. The van der Waals surface area contributed by atoms with Gasteiger partial charge in [0.25, 0.3) is 0 Å². The van der Waals surface area contributed by atoms with Gasteiger partial charge in [0.05, 0.1) is 7.11 Å². The molecule has 0 saturated carbocycles. The second kappa shape index (κ2) is 9.55. The molecule has 134 valence electrons. The van der Waals surface area contributed by atoms with Crippen LogP contribution in [-0.4, -0.2) is 37.7 Å². The van der Waals surface area contributed by atoms with Gasteiger partial charge in [-0.3, -0.25) is 4.90 Å². The molecular formula is C21H27IN2O. The Kier molecular flexibility index (Phi) is 7.13. The third-order valence-corrected chi connectivity index (χ3v) is 5.97. The number of rotatable bonds is 7. The molecule has 0 radical (unpaired) electrons. The van der Waals surface area contributed by atoms with Crippen LogP contribution in [0.15, 0.2) is 48.5 Å². The van der Waals surface area contributed by atoms with Gasteiger partial charge in [0.1, 0.15) is 5.75 Å². The monoisotopic (exact) mass is 450 g/mol. The fourth-order valence-corrected chi connectivity index (χ4v) is 4.02. The summed E-state index contributed by atoms with van der Waals surface area (Å²) in [5, 5.41) is 3.75. The van der Waals surface area contributed by atoms with Crippen molar-refractivity contribution >= 4 is 22.6 Å². The van der Waals surface area contributed by atoms with Gasteiger partial charge < -0.3 is 10.1 Å². The number of piperidine rings is 1. The van der Waals surface area contributed by atoms with Crippen LogP contribution in [0.3, 0.4) is 0 Å². The molecule has 0 unspecified atom stereocenters. The number of nitrogens with one attached hydrogen (secondary N) is 1. The van der Waals surface area contributed by atoms with Crippen LogP contribution in [0.25, 0.3) is 0 Å². The van der Waals surface area contributed by atoms with Crippen LogP contribution in [0, 0.1) is 3.57 Å². The Bertz CT molecular complexity index is 654. The zero-order valence-electron chi connectivity index (χ0n) is 14.9. The van der Waals surface area contributed by atoms with Crippen molar-refractivity contribution in [2.24, 2.45) is 0 Å². The Morgan fingerprint density at radius 3 is 2.60 bits per heavy atom. The van der Waals surface area contributed by atoms with Crippen LogP contribution >= 0.6 is 22.6 Å². The molecule has 25 heavy (non-hydrogen) atoms. The van der Waals surface area contributed by atoms with E-state index in [1.807, 2.05) is 6.07 Å². The maximum Gasteiger partial charge on any atom is 0.119 e. The Morgan fingerprint density at radius 1 is 1.12 bits per heavy atom. The molecule has 1 N–H and O–H groups in total. The minimum Gasteiger partial charge on any atom is -0.497 e. The lowest BCUT2D eigenvalue weighted by Crippen LogP contribution is -2.42. The standard InChI is InChI=1S/C21H27IN2O/c1-25-20-7-8-21(22)18(15-20)9-12-23-19-10-13-24(14-11-19)16-17-5-3-2-4-6-17/h2-8,15,19,23H,9-14,16H2,1H3. The van der Waals surface area contributed by atoms with Gasteiger partial charge in [0.2, 0.25) is 0 Å². The van der Waals surface area contributed by atoms with Gasteiger partial charge in [-0.2, -0.15) is 0 Å². The number of halogens is 1. The van der Waals surface area contributed by atoms with E-state index in [0.29, 0.717) is 6.04 Å². The number of nitrogens with zero attached hydrogens (tertiary/aromatic N) is 1. The van der Waals surface area contributed by atoms with Crippen LogP contribution < -0.4 is 10.1 Å². The normalized spacial score (nSPS) is 16.1. The van der Waals surface area contributed by atoms with Gasteiger partial charge in [-0.1, -0.05) is 30.3 Å². The van der Waals surface area contributed by atoms with Crippen molar-refractivity contribution in [3.05, 3.63) is 63.2 Å². The summed E-state index contributed by atoms with van der Waals surface area (Å²) in [5.74, 6) is 0.949. The summed E-state index contributed by atoms with van der Waals surface area (Å²) in [6.45, 7) is 4.48. The lowest BCUT2D eigenvalue weighted by molar-refractivity contribution is 0.191. The predicted molar refractivity (Wildman–Crippen MR) is 112 cm³/mol. The Hall–Kier alpha value is -1.11. The quantitative estimate of drug-likeness (QED) is 0.644. The van der Waals surface area contributed by atoms with Crippen molar-refractivity contribution in [2.45, 2.75) is 31.8 Å². The number of hydrogen-bond donors (Lipinski definition) is 1. The largest absolute Gasteiger partial charge is 0.497 e. The maximum absolute atomic E-state index is 5.34. The van der Waals surface area contributed by atoms with Gasteiger partial charge in [0.15, 0.2) is 0 Å². The van der Waals surface area contributed by atoms with E-state index in [9.17, 15) is 0 Å². The molecule has 2 aromatic rings. The van der Waals surface area contributed by atoms with E-state index in [2.05, 4.69) is 75.3 Å². The van der Waals surface area contributed by atoms with Gasteiger partial charge >= 0.3 is 0 Å². The first kappa shape index (κ1) is 18.7. The number of methoxy groups -OCH3 is 1. The van der Waals surface area contributed by atoms with E-state index in [4.69, 9.17) is 4.74 Å². The average molecular weight is 450 g/mol. The number of likely N-dealkylation sites (tertiary alicyclic amines) is 1. The minimum absolute atomic E-state index is 0.648. The lowest BCUT2D eigenvalue weighted by Gasteiger charge is -2.32. The highest BCUT2D eigenvalue weighted by Gasteiger charge is 2.18. The molecule has 0 aliphatic carbocycles. The first-order valence-corrected chi connectivity index (χ1v) is 10.1. The van der Waals surface area contributed by atoms with E-state index >= 15 is 0 Å². The highest BCUT2D eigenvalue weighted by atomic mass is 127. The van der Waals surface area contributed by atoms with E-state index in [1.165, 1.54) is 40.6 Å². The molecule has 4 heteroatoms. The summed E-state index contributed by atoms with van der Waals surface area (Å²) < 4.78 is 6.65. The molecule has 3 rings (SSSR count). The molecule has 0 bridgehead atoms. The van der Waals surface area contributed by atoms with Gasteiger partial charge in [-0.05, 0) is 90.8 Å². The molecule has 0 atom stereocenters. The van der Waals surface area contributed by atoms with E-state index in [1.54, 1.807) is 7.11 Å². The highest BCUT2D eigenvalue weighted by Crippen LogP contribution is 2.20. The average Bonchev–Trinajstić information content (AvgIpc) is 2.65. The molecule has 0 aromatic heterocycles. The highest BCUT2D eigenvalue weighted by molar-refractivity contribution is 14.1. The number of hydrogen-bond acceptors (Lipinski definition) is 3. The third-order valence-electron chi connectivity index (χ3n) is 4.92. The zero-order chi connectivity index (χ0) is 17.5. The van der Waals surface area contributed by atoms with Crippen LogP contribution in [0.1, 0.15) is 24.0 Å². The first-order valence-electron chi connectivity index (χ1n) is 9.06. The van der Waals surface area contributed by atoms with Crippen molar-refractivity contribution in [2.75, 3.05) is 26.7 Å². The summed E-state index contributed by atoms with van der Waals surface area (Å²) in [4.78, 5) is 2.57. The van der Waals surface area contributed by atoms with Crippen molar-refractivity contribution in [3.8, 4) is 5.75 Å². The third kappa shape index (κ3) is 5.69. The molecule has 0 spiro atoms. The molecule has 1 saturated heterocycles. The number of benzene rings is 2. The predicted octanol–water partition coefficient (Wildman–Crippen LogP) is 4.10. The summed E-state index contributed by atoms with van der Waals surface area (Å²) in [7, 11) is 1.73. The molecule has 1 aliphatic heterocycles. The lowest BCUT2D eigenvalue weighted by atomic mass is 10.0. The Morgan fingerprint density at radius 2 is 1.88 bits per heavy atom. The summed E-state index contributed by atoms with van der Waals surface area (Å²) in [6.07, 6.45) is 3.53. The molecule has 0 amide bonds. The molecule has 1 aliphatic rings. The van der Waals surface area contributed by atoms with E-state index in [0.717, 1.165) is 25.3 Å². The fourth-order valence-electron chi connectivity index (χ4n) is 3.42. The smallest absolute Gasteiger partial charge is 0.119 e. The zero-order valence-corrected chi connectivity index (χ0v) is 17.0. The summed E-state index contributed by atoms with van der Waals surface area (Å²) >= 11 is 2.41. The van der Waals surface area contributed by atoms with Gasteiger partial charge in [-0.15, -0.1) is 0 Å². The topological polar surface area (TPSA) is 24.5 Å². The van der Waals surface area contributed by atoms with Crippen LogP contribution in [0.5, 0.6) is 5.75 Å². The molecule has 3 nitrogen and oxygen atoms in total. The van der Waals surface area contributed by atoms with Crippen LogP contribution in [0.2, 0.25) is 0 Å². The van der Waals surface area contributed by atoms with E-state index in [-0.39, 0.29) is 0 Å².